The number of rotatable bonds is 3. The van der Waals surface area contributed by atoms with Crippen LogP contribution in [-0.4, -0.2) is 24.4 Å². The van der Waals surface area contributed by atoms with Gasteiger partial charge in [-0.2, -0.15) is 0 Å². The van der Waals surface area contributed by atoms with Crippen molar-refractivity contribution >= 4 is 0 Å². The van der Waals surface area contributed by atoms with Gasteiger partial charge in [0.15, 0.2) is 0 Å². The Balaban J connectivity index is 1.69. The van der Waals surface area contributed by atoms with Gasteiger partial charge in [0.25, 0.3) is 0 Å². The molecule has 1 heterocycles. The van der Waals surface area contributed by atoms with Crippen LogP contribution < -0.4 is 0 Å². The predicted octanol–water partition coefficient (Wildman–Crippen LogP) is 1.57. The van der Waals surface area contributed by atoms with E-state index in [0.29, 0.717) is 11.8 Å². The summed E-state index contributed by atoms with van der Waals surface area (Å²) in [5.41, 5.74) is 0. The van der Waals surface area contributed by atoms with E-state index >= 15 is 0 Å². The minimum Gasteiger partial charge on any atom is -0.393 e. The van der Waals surface area contributed by atoms with E-state index < -0.39 is 0 Å². The predicted molar refractivity (Wildman–Crippen MR) is 46.9 cm³/mol. The lowest BCUT2D eigenvalue weighted by molar-refractivity contribution is 0.0402. The summed E-state index contributed by atoms with van der Waals surface area (Å²) < 4.78 is 5.28. The Bertz CT molecular complexity index is 137. The topological polar surface area (TPSA) is 29.5 Å². The van der Waals surface area contributed by atoms with E-state index in [9.17, 15) is 5.11 Å². The maximum Gasteiger partial charge on any atom is 0.0571 e. The van der Waals surface area contributed by atoms with Crippen LogP contribution in [0.5, 0.6) is 0 Å². The van der Waals surface area contributed by atoms with Crippen molar-refractivity contribution in [1.82, 2.24) is 0 Å². The Labute approximate surface area is 73.9 Å². The Morgan fingerprint density at radius 2 is 2.17 bits per heavy atom. The van der Waals surface area contributed by atoms with Gasteiger partial charge in [-0.1, -0.05) is 6.42 Å². The number of ether oxygens (including phenoxy) is 1. The maximum absolute atomic E-state index is 9.77. The second-order valence-corrected chi connectivity index (χ2v) is 4.22. The van der Waals surface area contributed by atoms with Gasteiger partial charge in [0.2, 0.25) is 0 Å². The molecule has 1 aliphatic carbocycles. The van der Waals surface area contributed by atoms with Gasteiger partial charge in [0.1, 0.15) is 0 Å². The fourth-order valence-corrected chi connectivity index (χ4v) is 2.13. The van der Waals surface area contributed by atoms with E-state index in [1.54, 1.807) is 0 Å². The van der Waals surface area contributed by atoms with Gasteiger partial charge >= 0.3 is 0 Å². The molecule has 0 bridgehead atoms. The average Bonchev–Trinajstić information content (AvgIpc) is 2.34. The lowest BCUT2D eigenvalue weighted by atomic mass is 9.78. The molecule has 0 amide bonds. The molecule has 1 aliphatic heterocycles. The van der Waals surface area contributed by atoms with E-state index in [2.05, 4.69) is 0 Å². The van der Waals surface area contributed by atoms with Gasteiger partial charge in [0.05, 0.1) is 6.10 Å². The van der Waals surface area contributed by atoms with Gasteiger partial charge in [-0.05, 0) is 37.5 Å². The monoisotopic (exact) mass is 170 g/mol. The second kappa shape index (κ2) is 3.75. The van der Waals surface area contributed by atoms with Crippen LogP contribution in [-0.2, 0) is 4.74 Å². The number of hydrogen-bond acceptors (Lipinski definition) is 2. The van der Waals surface area contributed by atoms with Crippen LogP contribution >= 0.6 is 0 Å². The van der Waals surface area contributed by atoms with Crippen molar-refractivity contribution in [3.05, 3.63) is 0 Å². The highest BCUT2D eigenvalue weighted by atomic mass is 16.5. The van der Waals surface area contributed by atoms with E-state index in [-0.39, 0.29) is 6.10 Å². The molecule has 1 saturated carbocycles. The highest BCUT2D eigenvalue weighted by Crippen LogP contribution is 2.33. The van der Waals surface area contributed by atoms with Crippen molar-refractivity contribution in [2.24, 2.45) is 11.8 Å². The molecule has 2 atom stereocenters. The van der Waals surface area contributed by atoms with Crippen LogP contribution in [0.2, 0.25) is 0 Å². The molecule has 2 heteroatoms. The van der Waals surface area contributed by atoms with Gasteiger partial charge in [-0.3, -0.25) is 0 Å². The minimum absolute atomic E-state index is 0.0366. The highest BCUT2D eigenvalue weighted by Gasteiger charge is 2.28. The molecule has 0 aromatic heterocycles. The summed E-state index contributed by atoms with van der Waals surface area (Å²) in [4.78, 5) is 0. The molecule has 1 saturated heterocycles. The molecule has 0 aromatic carbocycles. The van der Waals surface area contributed by atoms with E-state index in [0.717, 1.165) is 26.1 Å². The zero-order valence-electron chi connectivity index (χ0n) is 7.54. The summed E-state index contributed by atoms with van der Waals surface area (Å²) in [6.07, 6.45) is 5.91. The third-order valence-electron chi connectivity index (χ3n) is 3.29. The first-order valence-electron chi connectivity index (χ1n) is 5.12. The molecule has 2 fully saturated rings. The summed E-state index contributed by atoms with van der Waals surface area (Å²) in [5.74, 6) is 1.26. The number of aliphatic hydroxyl groups excluding tert-OH is 1. The normalized spacial score (nSPS) is 33.2. The Kier molecular flexibility index (Phi) is 2.66. The van der Waals surface area contributed by atoms with Gasteiger partial charge in [-0.15, -0.1) is 0 Å². The lowest BCUT2D eigenvalue weighted by Gasteiger charge is -2.31. The van der Waals surface area contributed by atoms with Crippen molar-refractivity contribution in [3.8, 4) is 0 Å². The average molecular weight is 170 g/mol. The van der Waals surface area contributed by atoms with Crippen molar-refractivity contribution < 1.29 is 9.84 Å². The molecular formula is C10H18O2. The molecule has 0 aromatic rings. The molecule has 2 unspecified atom stereocenters. The number of aliphatic hydroxyl groups is 1. The Morgan fingerprint density at radius 1 is 1.33 bits per heavy atom. The fraction of sp³-hybridized carbons (Fsp3) is 1.00. The molecule has 0 spiro atoms. The van der Waals surface area contributed by atoms with Crippen LogP contribution in [0.15, 0.2) is 0 Å². The second-order valence-electron chi connectivity index (χ2n) is 4.22. The van der Waals surface area contributed by atoms with E-state index in [1.807, 2.05) is 0 Å². The van der Waals surface area contributed by atoms with Crippen molar-refractivity contribution in [3.63, 3.8) is 0 Å². The zero-order chi connectivity index (χ0) is 8.39. The fourth-order valence-electron chi connectivity index (χ4n) is 2.13. The van der Waals surface area contributed by atoms with Crippen LogP contribution in [0.25, 0.3) is 0 Å². The lowest BCUT2D eigenvalue weighted by Crippen LogP contribution is -2.28. The highest BCUT2D eigenvalue weighted by molar-refractivity contribution is 4.79. The summed E-state index contributed by atoms with van der Waals surface area (Å²) in [6.45, 7) is 1.78. The van der Waals surface area contributed by atoms with E-state index in [1.165, 1.54) is 19.3 Å². The first-order valence-corrected chi connectivity index (χ1v) is 5.12. The summed E-state index contributed by atoms with van der Waals surface area (Å²) in [6, 6.07) is 0. The first kappa shape index (κ1) is 8.52. The maximum atomic E-state index is 9.77. The van der Waals surface area contributed by atoms with Gasteiger partial charge in [-0.25, -0.2) is 0 Å². The van der Waals surface area contributed by atoms with Crippen LogP contribution in [0.4, 0.5) is 0 Å². The van der Waals surface area contributed by atoms with Crippen molar-refractivity contribution in [2.75, 3.05) is 13.2 Å². The zero-order valence-corrected chi connectivity index (χ0v) is 7.54. The molecule has 1 N–H and O–H groups in total. The van der Waals surface area contributed by atoms with Gasteiger partial charge in [0, 0.05) is 13.2 Å². The summed E-state index contributed by atoms with van der Waals surface area (Å²) in [7, 11) is 0. The molecule has 2 nitrogen and oxygen atoms in total. The van der Waals surface area contributed by atoms with Crippen molar-refractivity contribution in [1.29, 1.82) is 0 Å². The molecule has 0 radical (unpaired) electrons. The minimum atomic E-state index is -0.0366. The Morgan fingerprint density at radius 3 is 2.67 bits per heavy atom. The van der Waals surface area contributed by atoms with Gasteiger partial charge < -0.3 is 9.84 Å². The van der Waals surface area contributed by atoms with Crippen molar-refractivity contribution in [2.45, 2.75) is 38.2 Å². The summed E-state index contributed by atoms with van der Waals surface area (Å²) in [5, 5.41) is 9.77. The van der Waals surface area contributed by atoms with Crippen LogP contribution in [0.1, 0.15) is 32.1 Å². The first-order chi connectivity index (χ1) is 5.86. The molecule has 2 aliphatic rings. The SMILES string of the molecule is OC(CC1CCOC1)C1CCC1. The third-order valence-corrected chi connectivity index (χ3v) is 3.29. The third kappa shape index (κ3) is 1.80. The molecule has 70 valence electrons. The summed E-state index contributed by atoms with van der Waals surface area (Å²) >= 11 is 0. The van der Waals surface area contributed by atoms with Crippen LogP contribution in [0, 0.1) is 11.8 Å². The standard InChI is InChI=1S/C10H18O2/c11-10(9-2-1-3-9)6-8-4-5-12-7-8/h8-11H,1-7H2. The van der Waals surface area contributed by atoms with E-state index in [4.69, 9.17) is 4.74 Å². The molecular weight excluding hydrogens is 152 g/mol. The smallest absolute Gasteiger partial charge is 0.0571 e. The van der Waals surface area contributed by atoms with Crippen LogP contribution in [0.3, 0.4) is 0 Å². The quantitative estimate of drug-likeness (QED) is 0.696. The Hall–Kier alpha value is -0.0800. The molecule has 2 rings (SSSR count). The number of hydrogen-bond donors (Lipinski definition) is 1. The largest absolute Gasteiger partial charge is 0.393 e. The molecule has 12 heavy (non-hydrogen) atoms.